The summed E-state index contributed by atoms with van der Waals surface area (Å²) in [6, 6.07) is 0. The van der Waals surface area contributed by atoms with E-state index in [2.05, 4.69) is 10.6 Å². The van der Waals surface area contributed by atoms with E-state index in [0.29, 0.717) is 12.8 Å². The van der Waals surface area contributed by atoms with E-state index >= 15 is 0 Å². The minimum atomic E-state index is -2.39. The number of nitrogens with one attached hydrogen (secondary N) is 6. The fourth-order valence-electron chi connectivity index (χ4n) is 2.73. The van der Waals surface area contributed by atoms with Gasteiger partial charge in [0.25, 0.3) is 0 Å². The van der Waals surface area contributed by atoms with Gasteiger partial charge in [-0.25, -0.2) is 9.59 Å². The number of hydroxylamine groups is 4. The number of carbonyl (C=O) groups excluding carboxylic acids is 2. The Bertz CT molecular complexity index is 703. The topological polar surface area (TPSA) is 271 Å². The first-order chi connectivity index (χ1) is 16.9. The summed E-state index contributed by atoms with van der Waals surface area (Å²) in [5, 5.41) is 56.4. The highest BCUT2D eigenvalue weighted by molar-refractivity contribution is 5.96. The van der Waals surface area contributed by atoms with Crippen LogP contribution in [0.5, 0.6) is 0 Å². The molecule has 0 aliphatic rings. The molecule has 0 spiro atoms. The summed E-state index contributed by atoms with van der Waals surface area (Å²) in [4.78, 5) is 34.7. The highest BCUT2D eigenvalue weighted by Gasteiger charge is 2.36. The molecule has 0 aromatic rings. The van der Waals surface area contributed by atoms with E-state index in [1.165, 1.54) is 0 Å². The second kappa shape index (κ2) is 17.7. The monoisotopic (exact) mass is 516 g/mol. The van der Waals surface area contributed by atoms with Crippen molar-refractivity contribution in [3.8, 4) is 0 Å². The molecule has 0 saturated carbocycles. The average Bonchev–Trinajstić information content (AvgIpc) is 2.80. The number of nitrogens with two attached hydrogens (primary N) is 2. The first-order valence-electron chi connectivity index (χ1n) is 11.7. The second-order valence-electron chi connectivity index (χ2n) is 7.81. The number of nitrogens with zero attached hydrogens (tertiary/aromatic N) is 2. The lowest BCUT2D eigenvalue weighted by Crippen LogP contribution is -2.52. The van der Waals surface area contributed by atoms with Gasteiger partial charge in [0.15, 0.2) is 24.1 Å². The van der Waals surface area contributed by atoms with Crippen molar-refractivity contribution in [2.24, 2.45) is 11.5 Å². The van der Waals surface area contributed by atoms with Crippen LogP contribution in [-0.2, 0) is 19.3 Å². The molecule has 0 radical (unpaired) electrons. The summed E-state index contributed by atoms with van der Waals surface area (Å²) in [7, 11) is 0. The molecule has 0 aromatic carbocycles. The fraction of sp³-hybridized carbons (Fsp3) is 0.700. The maximum atomic E-state index is 12.4. The van der Waals surface area contributed by atoms with Gasteiger partial charge in [-0.2, -0.15) is 10.1 Å². The van der Waals surface area contributed by atoms with Crippen LogP contribution < -0.4 is 22.1 Å². The van der Waals surface area contributed by atoms with Gasteiger partial charge in [0.1, 0.15) is 0 Å². The van der Waals surface area contributed by atoms with E-state index in [4.69, 9.17) is 42.8 Å². The largest absolute Gasteiger partial charge is 0.379 e. The zero-order valence-electron chi connectivity index (χ0n) is 20.8. The number of guanidine groups is 4. The van der Waals surface area contributed by atoms with Gasteiger partial charge in [-0.15, -0.1) is 0 Å². The highest BCUT2D eigenvalue weighted by Crippen LogP contribution is 2.08. The van der Waals surface area contributed by atoms with Crippen molar-refractivity contribution >= 4 is 35.8 Å². The van der Waals surface area contributed by atoms with Gasteiger partial charge >= 0.3 is 11.9 Å². The Hall–Kier alpha value is -3.66. The van der Waals surface area contributed by atoms with Crippen LogP contribution in [0, 0.1) is 21.6 Å². The van der Waals surface area contributed by atoms with Gasteiger partial charge in [0, 0.05) is 0 Å². The minimum absolute atomic E-state index is 0.0253. The fourth-order valence-corrected chi connectivity index (χ4v) is 2.73. The van der Waals surface area contributed by atoms with Crippen LogP contribution >= 0.6 is 0 Å². The van der Waals surface area contributed by atoms with Crippen molar-refractivity contribution in [1.29, 1.82) is 21.6 Å². The van der Waals surface area contributed by atoms with Gasteiger partial charge in [-0.1, -0.05) is 52.4 Å². The maximum Gasteiger partial charge on any atom is 0.364 e. The molecule has 0 heterocycles. The average molecular weight is 517 g/mol. The Morgan fingerprint density at radius 2 is 1.06 bits per heavy atom. The zero-order valence-corrected chi connectivity index (χ0v) is 20.8. The van der Waals surface area contributed by atoms with E-state index in [1.54, 1.807) is 0 Å². The Balaban J connectivity index is 5.23. The first-order valence-corrected chi connectivity index (χ1v) is 11.7. The summed E-state index contributed by atoms with van der Waals surface area (Å²) < 4.78 is 0. The van der Waals surface area contributed by atoms with E-state index in [9.17, 15) is 19.8 Å². The summed E-state index contributed by atoms with van der Waals surface area (Å²) in [6.07, 6.45) is 1.39. The molecule has 0 aromatic heterocycles. The number of unbranched alkanes of at least 4 members (excludes halogenated alkanes) is 6. The zero-order chi connectivity index (χ0) is 27.7. The first kappa shape index (κ1) is 32.3. The van der Waals surface area contributed by atoms with Crippen LogP contribution in [0.25, 0.3) is 0 Å². The molecule has 0 bridgehead atoms. The summed E-state index contributed by atoms with van der Waals surface area (Å²) in [6.45, 7) is 4.05. The number of carbonyl (C=O) groups is 2. The van der Waals surface area contributed by atoms with Crippen molar-refractivity contribution in [3.63, 3.8) is 0 Å². The molecule has 0 fully saturated rings. The van der Waals surface area contributed by atoms with Crippen LogP contribution in [0.15, 0.2) is 0 Å². The van der Waals surface area contributed by atoms with E-state index in [-0.39, 0.29) is 13.1 Å². The van der Waals surface area contributed by atoms with Gasteiger partial charge in [0.2, 0.25) is 11.9 Å². The lowest BCUT2D eigenvalue weighted by Gasteiger charge is -2.27. The molecule has 2 unspecified atom stereocenters. The third-order valence-electron chi connectivity index (χ3n) is 4.62. The lowest BCUT2D eigenvalue weighted by molar-refractivity contribution is -0.203. The molecule has 16 heteroatoms. The van der Waals surface area contributed by atoms with E-state index in [1.807, 2.05) is 13.8 Å². The Kier molecular flexibility index (Phi) is 15.9. The molecule has 12 N–H and O–H groups in total. The lowest BCUT2D eigenvalue weighted by atomic mass is 10.2. The van der Waals surface area contributed by atoms with Gasteiger partial charge < -0.3 is 31.4 Å². The Morgan fingerprint density at radius 3 is 1.33 bits per heavy atom. The van der Waals surface area contributed by atoms with Crippen LogP contribution in [0.3, 0.4) is 0 Å². The molecule has 206 valence electrons. The SMILES string of the molecule is CCCCCCN(OC(=O)C(O)C(O)C(=O)ON(CCCCCC)C(=N)NC(=N)N)C(=N)NC(=N)N. The predicted octanol–water partition coefficient (Wildman–Crippen LogP) is -0.775. The van der Waals surface area contributed by atoms with Crippen LogP contribution in [0.2, 0.25) is 0 Å². The number of rotatable bonds is 13. The Labute approximate surface area is 210 Å². The molecule has 0 rings (SSSR count). The molecule has 0 amide bonds. The van der Waals surface area contributed by atoms with Crippen molar-refractivity contribution < 1.29 is 29.5 Å². The van der Waals surface area contributed by atoms with E-state index < -0.39 is 48.0 Å². The highest BCUT2D eigenvalue weighted by atomic mass is 16.7. The van der Waals surface area contributed by atoms with Gasteiger partial charge in [-0.3, -0.25) is 32.3 Å². The van der Waals surface area contributed by atoms with Crippen LogP contribution in [0.1, 0.15) is 65.2 Å². The van der Waals surface area contributed by atoms with Crippen molar-refractivity contribution in [2.75, 3.05) is 13.1 Å². The normalized spacial score (nSPS) is 12.0. The van der Waals surface area contributed by atoms with Gasteiger partial charge in [-0.05, 0) is 12.8 Å². The quantitative estimate of drug-likeness (QED) is 0.0625. The van der Waals surface area contributed by atoms with Gasteiger partial charge in [0.05, 0.1) is 13.1 Å². The third kappa shape index (κ3) is 13.3. The molecule has 0 aliphatic heterocycles. The third-order valence-corrected chi connectivity index (χ3v) is 4.62. The predicted molar refractivity (Wildman–Crippen MR) is 131 cm³/mol. The molecule has 16 nitrogen and oxygen atoms in total. The molecular formula is C20H40N10O6. The number of hydrogen-bond donors (Lipinski definition) is 10. The van der Waals surface area contributed by atoms with Crippen LogP contribution in [0.4, 0.5) is 0 Å². The van der Waals surface area contributed by atoms with Crippen molar-refractivity contribution in [3.05, 3.63) is 0 Å². The minimum Gasteiger partial charge on any atom is -0.379 e. The smallest absolute Gasteiger partial charge is 0.364 e. The molecule has 0 aliphatic carbocycles. The van der Waals surface area contributed by atoms with Crippen molar-refractivity contribution in [2.45, 2.75) is 77.4 Å². The molecular weight excluding hydrogens is 476 g/mol. The number of aliphatic hydroxyl groups is 2. The summed E-state index contributed by atoms with van der Waals surface area (Å²) in [5.41, 5.74) is 10.4. The second-order valence-corrected chi connectivity index (χ2v) is 7.81. The number of hydrogen-bond acceptors (Lipinski definition) is 10. The summed E-state index contributed by atoms with van der Waals surface area (Å²) in [5.74, 6) is -5.20. The molecule has 36 heavy (non-hydrogen) atoms. The standard InChI is InChI=1S/C20H40N10O6/c1-3-5-7-9-11-29(19(25)27-17(21)22)35-15(33)13(31)14(32)16(34)36-30(12-10-8-6-4-2)20(26)28-18(23)24/h13-14,31-32H,3-12H2,1-2H3,(H5,21,22,25,27)(H5,23,24,26,28). The summed E-state index contributed by atoms with van der Waals surface area (Å²) >= 11 is 0. The number of aliphatic hydroxyl groups excluding tert-OH is 2. The van der Waals surface area contributed by atoms with Crippen LogP contribution in [-0.4, -0.2) is 81.4 Å². The maximum absolute atomic E-state index is 12.4. The van der Waals surface area contributed by atoms with Crippen molar-refractivity contribution in [1.82, 2.24) is 20.8 Å². The Morgan fingerprint density at radius 1 is 0.722 bits per heavy atom. The molecule has 2 atom stereocenters. The molecule has 0 saturated heterocycles. The van der Waals surface area contributed by atoms with E-state index in [0.717, 1.165) is 48.7 Å².